The quantitative estimate of drug-likeness (QED) is 0.795. The van der Waals surface area contributed by atoms with Crippen LogP contribution in [0.1, 0.15) is 44.9 Å². The third kappa shape index (κ3) is 2.05. The van der Waals surface area contributed by atoms with Gasteiger partial charge in [0.05, 0.1) is 12.0 Å². The van der Waals surface area contributed by atoms with Crippen LogP contribution >= 0.6 is 0 Å². The Hall–Kier alpha value is -0.610. The van der Waals surface area contributed by atoms with Gasteiger partial charge in [-0.1, -0.05) is 12.8 Å². The molecule has 2 aliphatic heterocycles. The van der Waals surface area contributed by atoms with Crippen LogP contribution in [0.3, 0.4) is 0 Å². The van der Waals surface area contributed by atoms with Gasteiger partial charge in [0.2, 0.25) is 0 Å². The molecule has 2 heterocycles. The van der Waals surface area contributed by atoms with Crippen molar-refractivity contribution in [2.24, 2.45) is 5.92 Å². The van der Waals surface area contributed by atoms with E-state index >= 15 is 0 Å². The minimum absolute atomic E-state index is 0.0738. The summed E-state index contributed by atoms with van der Waals surface area (Å²) in [5, 5.41) is 12.5. The second kappa shape index (κ2) is 4.82. The van der Waals surface area contributed by atoms with Gasteiger partial charge >= 0.3 is 5.97 Å². The molecule has 2 saturated heterocycles. The zero-order valence-electron chi connectivity index (χ0n) is 11.0. The van der Waals surface area contributed by atoms with Crippen molar-refractivity contribution in [3.63, 3.8) is 0 Å². The van der Waals surface area contributed by atoms with Gasteiger partial charge in [0.25, 0.3) is 0 Å². The maximum absolute atomic E-state index is 11.1. The minimum Gasteiger partial charge on any atom is -0.481 e. The van der Waals surface area contributed by atoms with Gasteiger partial charge in [-0.3, -0.25) is 9.69 Å². The normalized spacial score (nSPS) is 32.6. The van der Waals surface area contributed by atoms with Crippen molar-refractivity contribution in [2.75, 3.05) is 19.6 Å². The summed E-state index contributed by atoms with van der Waals surface area (Å²) in [5.74, 6) is 0.187. The fourth-order valence-corrected chi connectivity index (χ4v) is 4.34. The van der Waals surface area contributed by atoms with Crippen LogP contribution in [0.5, 0.6) is 0 Å². The van der Waals surface area contributed by atoms with Gasteiger partial charge in [0.15, 0.2) is 0 Å². The van der Waals surface area contributed by atoms with E-state index in [1.165, 1.54) is 38.5 Å². The largest absolute Gasteiger partial charge is 0.481 e. The van der Waals surface area contributed by atoms with Gasteiger partial charge in [0, 0.05) is 19.1 Å². The lowest BCUT2D eigenvalue weighted by atomic mass is 9.83. The average molecular weight is 252 g/mol. The van der Waals surface area contributed by atoms with E-state index in [1.54, 1.807) is 0 Å². The molecule has 2 N–H and O–H groups in total. The number of hydrogen-bond donors (Lipinski definition) is 2. The van der Waals surface area contributed by atoms with Crippen molar-refractivity contribution in [1.29, 1.82) is 0 Å². The molecule has 1 atom stereocenters. The Balaban J connectivity index is 1.74. The maximum Gasteiger partial charge on any atom is 0.305 e. The predicted octanol–water partition coefficient (Wildman–Crippen LogP) is 1.46. The fraction of sp³-hybridized carbons (Fsp3) is 0.929. The molecule has 0 radical (unpaired) electrons. The Bertz CT molecular complexity index is 322. The second-order valence-electron chi connectivity index (χ2n) is 6.35. The standard InChI is InChI=1S/C14H24N2O2/c17-13(18)8-14(9-15-10-14)16-7-3-6-12(16)11-4-1-2-5-11/h11-12,15H,1-10H2,(H,17,18). The van der Waals surface area contributed by atoms with Crippen LogP contribution in [0.25, 0.3) is 0 Å². The highest BCUT2D eigenvalue weighted by Gasteiger charge is 2.49. The van der Waals surface area contributed by atoms with Crippen LogP contribution in [-0.4, -0.2) is 47.2 Å². The third-order valence-corrected chi connectivity index (χ3v) is 5.24. The van der Waals surface area contributed by atoms with Gasteiger partial charge in [-0.25, -0.2) is 0 Å². The summed E-state index contributed by atoms with van der Waals surface area (Å²) >= 11 is 0. The molecule has 18 heavy (non-hydrogen) atoms. The zero-order valence-corrected chi connectivity index (χ0v) is 11.0. The molecule has 4 heteroatoms. The van der Waals surface area contributed by atoms with E-state index < -0.39 is 5.97 Å². The van der Waals surface area contributed by atoms with Crippen molar-refractivity contribution >= 4 is 5.97 Å². The number of nitrogens with zero attached hydrogens (tertiary/aromatic N) is 1. The topological polar surface area (TPSA) is 52.6 Å². The smallest absolute Gasteiger partial charge is 0.305 e. The Kier molecular flexibility index (Phi) is 3.32. The highest BCUT2D eigenvalue weighted by atomic mass is 16.4. The van der Waals surface area contributed by atoms with Crippen LogP contribution < -0.4 is 5.32 Å². The molecule has 0 amide bonds. The van der Waals surface area contributed by atoms with Crippen LogP contribution in [0.2, 0.25) is 0 Å². The van der Waals surface area contributed by atoms with E-state index in [0.29, 0.717) is 12.5 Å². The minimum atomic E-state index is -0.645. The zero-order chi connectivity index (χ0) is 12.6. The molecule has 1 aliphatic carbocycles. The number of carboxylic acid groups (broad SMARTS) is 1. The number of nitrogens with one attached hydrogen (secondary N) is 1. The summed E-state index contributed by atoms with van der Waals surface area (Å²) in [6.45, 7) is 2.83. The summed E-state index contributed by atoms with van der Waals surface area (Å²) in [4.78, 5) is 13.7. The molecule has 102 valence electrons. The van der Waals surface area contributed by atoms with E-state index in [9.17, 15) is 9.90 Å². The number of likely N-dealkylation sites (tertiary alicyclic amines) is 1. The van der Waals surface area contributed by atoms with Crippen LogP contribution in [0, 0.1) is 5.92 Å². The molecule has 3 aliphatic rings. The Morgan fingerprint density at radius 2 is 1.94 bits per heavy atom. The lowest BCUT2D eigenvalue weighted by molar-refractivity contribution is -0.142. The van der Waals surface area contributed by atoms with Gasteiger partial charge in [-0.2, -0.15) is 0 Å². The van der Waals surface area contributed by atoms with Gasteiger partial charge in [-0.15, -0.1) is 0 Å². The van der Waals surface area contributed by atoms with Crippen molar-refractivity contribution in [3.05, 3.63) is 0 Å². The Morgan fingerprint density at radius 1 is 1.22 bits per heavy atom. The monoisotopic (exact) mass is 252 g/mol. The Labute approximate surface area is 109 Å². The first-order valence-electron chi connectivity index (χ1n) is 7.41. The molecule has 0 spiro atoms. The van der Waals surface area contributed by atoms with E-state index in [1.807, 2.05) is 0 Å². The number of carbonyl (C=O) groups is 1. The first-order chi connectivity index (χ1) is 8.71. The van der Waals surface area contributed by atoms with Crippen LogP contribution in [0.4, 0.5) is 0 Å². The molecule has 3 fully saturated rings. The highest BCUT2D eigenvalue weighted by molar-refractivity contribution is 5.69. The first-order valence-corrected chi connectivity index (χ1v) is 7.41. The summed E-state index contributed by atoms with van der Waals surface area (Å²) in [7, 11) is 0. The summed E-state index contributed by atoms with van der Waals surface area (Å²) in [6.07, 6.45) is 8.31. The van der Waals surface area contributed by atoms with Crippen LogP contribution in [-0.2, 0) is 4.79 Å². The third-order valence-electron chi connectivity index (χ3n) is 5.24. The number of aliphatic carboxylic acids is 1. The molecular formula is C14H24N2O2. The number of carboxylic acids is 1. The Morgan fingerprint density at radius 3 is 2.50 bits per heavy atom. The maximum atomic E-state index is 11.1. The number of hydrogen-bond acceptors (Lipinski definition) is 3. The van der Waals surface area contributed by atoms with Crippen molar-refractivity contribution in [3.8, 4) is 0 Å². The van der Waals surface area contributed by atoms with E-state index in [-0.39, 0.29) is 5.54 Å². The SMILES string of the molecule is O=C(O)CC1(N2CCCC2C2CCCC2)CNC1. The molecule has 0 aromatic heterocycles. The molecule has 4 nitrogen and oxygen atoms in total. The molecule has 0 aromatic carbocycles. The van der Waals surface area contributed by atoms with E-state index in [4.69, 9.17) is 0 Å². The lowest BCUT2D eigenvalue weighted by Crippen LogP contribution is -2.71. The van der Waals surface area contributed by atoms with Crippen molar-refractivity contribution < 1.29 is 9.90 Å². The molecular weight excluding hydrogens is 228 g/mol. The van der Waals surface area contributed by atoms with E-state index in [2.05, 4.69) is 10.2 Å². The molecule has 0 aromatic rings. The molecule has 1 saturated carbocycles. The average Bonchev–Trinajstić information content (AvgIpc) is 2.92. The van der Waals surface area contributed by atoms with Gasteiger partial charge < -0.3 is 10.4 Å². The summed E-state index contributed by atoms with van der Waals surface area (Å²) < 4.78 is 0. The van der Waals surface area contributed by atoms with Crippen LogP contribution in [0.15, 0.2) is 0 Å². The first kappa shape index (κ1) is 12.4. The van der Waals surface area contributed by atoms with E-state index in [0.717, 1.165) is 25.6 Å². The summed E-state index contributed by atoms with van der Waals surface area (Å²) in [6, 6.07) is 0.661. The van der Waals surface area contributed by atoms with Crippen molar-refractivity contribution in [2.45, 2.75) is 56.5 Å². The highest BCUT2D eigenvalue weighted by Crippen LogP contribution is 2.40. The van der Waals surface area contributed by atoms with Gasteiger partial charge in [0.1, 0.15) is 0 Å². The molecule has 0 bridgehead atoms. The predicted molar refractivity (Wildman–Crippen MR) is 69.5 cm³/mol. The molecule has 1 unspecified atom stereocenters. The van der Waals surface area contributed by atoms with Gasteiger partial charge in [-0.05, 0) is 38.1 Å². The lowest BCUT2D eigenvalue weighted by Gasteiger charge is -2.52. The number of rotatable bonds is 4. The second-order valence-corrected chi connectivity index (χ2v) is 6.35. The molecule has 3 rings (SSSR count). The van der Waals surface area contributed by atoms with Crippen molar-refractivity contribution in [1.82, 2.24) is 10.2 Å². The fourth-order valence-electron chi connectivity index (χ4n) is 4.34. The summed E-state index contributed by atoms with van der Waals surface area (Å²) in [5.41, 5.74) is -0.0738.